The maximum atomic E-state index is 5.90. The van der Waals surface area contributed by atoms with Crippen molar-refractivity contribution in [1.29, 1.82) is 0 Å². The molecular formula is C20H30IN3O2. The van der Waals surface area contributed by atoms with Gasteiger partial charge < -0.3 is 20.1 Å². The van der Waals surface area contributed by atoms with Crippen molar-refractivity contribution in [1.82, 2.24) is 10.6 Å². The van der Waals surface area contributed by atoms with E-state index in [1.54, 1.807) is 0 Å². The Morgan fingerprint density at radius 1 is 1.27 bits per heavy atom. The highest BCUT2D eigenvalue weighted by atomic mass is 127. The molecule has 26 heavy (non-hydrogen) atoms. The fourth-order valence-electron chi connectivity index (χ4n) is 3.31. The first-order valence-electron chi connectivity index (χ1n) is 9.34. The van der Waals surface area contributed by atoms with Gasteiger partial charge in [-0.1, -0.05) is 12.2 Å². The van der Waals surface area contributed by atoms with Crippen LogP contribution in [0.3, 0.4) is 0 Å². The molecule has 1 atom stereocenters. The van der Waals surface area contributed by atoms with E-state index in [4.69, 9.17) is 14.5 Å². The Balaban J connectivity index is 0.00000243. The number of hydrogen-bond donors (Lipinski definition) is 2. The number of nitrogens with zero attached hydrogens (tertiary/aromatic N) is 1. The van der Waals surface area contributed by atoms with Crippen LogP contribution in [-0.4, -0.2) is 31.3 Å². The highest BCUT2D eigenvalue weighted by molar-refractivity contribution is 14.0. The summed E-state index contributed by atoms with van der Waals surface area (Å²) in [7, 11) is 0. The van der Waals surface area contributed by atoms with E-state index in [1.165, 1.54) is 5.56 Å². The topological polar surface area (TPSA) is 54.9 Å². The maximum absolute atomic E-state index is 5.90. The Labute approximate surface area is 173 Å². The van der Waals surface area contributed by atoms with Crippen LogP contribution >= 0.6 is 24.0 Å². The first kappa shape index (κ1) is 20.9. The molecule has 0 saturated carbocycles. The molecule has 0 spiro atoms. The monoisotopic (exact) mass is 471 g/mol. The van der Waals surface area contributed by atoms with E-state index < -0.39 is 0 Å². The summed E-state index contributed by atoms with van der Waals surface area (Å²) in [5.41, 5.74) is 2.29. The van der Waals surface area contributed by atoms with Gasteiger partial charge in [-0.2, -0.15) is 0 Å². The Morgan fingerprint density at radius 3 is 2.73 bits per heavy atom. The van der Waals surface area contributed by atoms with E-state index in [0.29, 0.717) is 19.2 Å². The van der Waals surface area contributed by atoms with Gasteiger partial charge in [-0.3, -0.25) is 0 Å². The average molecular weight is 471 g/mol. The lowest BCUT2D eigenvalue weighted by atomic mass is 10.1. The molecule has 0 saturated heterocycles. The number of benzene rings is 1. The summed E-state index contributed by atoms with van der Waals surface area (Å²) in [4.78, 5) is 4.77. The van der Waals surface area contributed by atoms with Crippen molar-refractivity contribution >= 4 is 29.9 Å². The average Bonchev–Trinajstić information content (AvgIpc) is 3.21. The molecule has 5 nitrogen and oxygen atoms in total. The maximum Gasteiger partial charge on any atom is 0.191 e. The molecule has 3 rings (SSSR count). The van der Waals surface area contributed by atoms with Crippen LogP contribution in [0.25, 0.3) is 0 Å². The zero-order chi connectivity index (χ0) is 17.6. The Bertz CT molecular complexity index is 653. The lowest BCUT2D eigenvalue weighted by molar-refractivity contribution is 0.254. The number of fused-ring (bicyclic) bond motifs is 1. The number of halogens is 1. The van der Waals surface area contributed by atoms with Crippen LogP contribution in [0.4, 0.5) is 0 Å². The normalized spacial score (nSPS) is 18.9. The molecule has 1 unspecified atom stereocenters. The first-order chi connectivity index (χ1) is 12.2. The van der Waals surface area contributed by atoms with Crippen molar-refractivity contribution in [3.63, 3.8) is 0 Å². The number of guanidine groups is 1. The standard InChI is InChI=1S/C20H29N3O2.HI/c1-4-21-20(23-17-8-6-7-9-17)22-13-16-12-19-15(10-14(3)25-19)11-18(16)24-5-2;/h6-7,11-12,14,17H,4-5,8-10,13H2,1-3H3,(H2,21,22,23);1H. The van der Waals surface area contributed by atoms with Gasteiger partial charge >= 0.3 is 0 Å². The fourth-order valence-corrected chi connectivity index (χ4v) is 3.31. The molecule has 0 bridgehead atoms. The van der Waals surface area contributed by atoms with Gasteiger partial charge in [0, 0.05) is 30.1 Å². The van der Waals surface area contributed by atoms with Crippen molar-refractivity contribution in [3.8, 4) is 11.5 Å². The second-order valence-corrected chi connectivity index (χ2v) is 6.61. The van der Waals surface area contributed by atoms with E-state index in [1.807, 2.05) is 6.92 Å². The van der Waals surface area contributed by atoms with Gasteiger partial charge in [0.2, 0.25) is 0 Å². The van der Waals surface area contributed by atoms with Crippen molar-refractivity contribution < 1.29 is 9.47 Å². The third-order valence-corrected chi connectivity index (χ3v) is 4.48. The lowest BCUT2D eigenvalue weighted by Crippen LogP contribution is -2.42. The summed E-state index contributed by atoms with van der Waals surface area (Å²) in [6.45, 7) is 8.25. The molecule has 0 aromatic heterocycles. The second kappa shape index (κ2) is 10.0. The van der Waals surface area contributed by atoms with E-state index >= 15 is 0 Å². The van der Waals surface area contributed by atoms with Crippen LogP contribution in [0, 0.1) is 0 Å². The number of hydrogen-bond acceptors (Lipinski definition) is 3. The van der Waals surface area contributed by atoms with Gasteiger partial charge in [0.1, 0.15) is 17.6 Å². The highest BCUT2D eigenvalue weighted by Crippen LogP contribution is 2.35. The lowest BCUT2D eigenvalue weighted by Gasteiger charge is -2.17. The Kier molecular flexibility index (Phi) is 8.06. The van der Waals surface area contributed by atoms with Crippen LogP contribution in [0.15, 0.2) is 29.3 Å². The third kappa shape index (κ3) is 5.28. The van der Waals surface area contributed by atoms with Gasteiger partial charge in [0.25, 0.3) is 0 Å². The Morgan fingerprint density at radius 2 is 2.04 bits per heavy atom. The first-order valence-corrected chi connectivity index (χ1v) is 9.34. The molecule has 1 aromatic rings. The SMILES string of the molecule is CCNC(=NCc1cc2c(cc1OCC)CC(C)O2)NC1CC=CC1.I. The molecule has 1 heterocycles. The smallest absolute Gasteiger partial charge is 0.191 e. The summed E-state index contributed by atoms with van der Waals surface area (Å²) in [5.74, 6) is 2.74. The summed E-state index contributed by atoms with van der Waals surface area (Å²) in [6, 6.07) is 4.65. The number of nitrogens with one attached hydrogen (secondary N) is 2. The zero-order valence-electron chi connectivity index (χ0n) is 15.9. The van der Waals surface area contributed by atoms with Gasteiger partial charge in [0.05, 0.1) is 13.2 Å². The molecule has 1 aliphatic heterocycles. The largest absolute Gasteiger partial charge is 0.494 e. The molecular weight excluding hydrogens is 441 g/mol. The van der Waals surface area contributed by atoms with E-state index in [9.17, 15) is 0 Å². The zero-order valence-corrected chi connectivity index (χ0v) is 18.2. The molecule has 144 valence electrons. The Hall–Kier alpha value is -1.44. The van der Waals surface area contributed by atoms with Gasteiger partial charge in [-0.05, 0) is 45.7 Å². The van der Waals surface area contributed by atoms with Crippen LogP contribution < -0.4 is 20.1 Å². The highest BCUT2D eigenvalue weighted by Gasteiger charge is 2.22. The minimum Gasteiger partial charge on any atom is -0.494 e. The van der Waals surface area contributed by atoms with Crippen molar-refractivity contribution in [3.05, 3.63) is 35.4 Å². The van der Waals surface area contributed by atoms with Crippen molar-refractivity contribution in [2.24, 2.45) is 4.99 Å². The number of aliphatic imine (C=N–C) groups is 1. The van der Waals surface area contributed by atoms with Crippen LogP contribution in [0.2, 0.25) is 0 Å². The van der Waals surface area contributed by atoms with Crippen molar-refractivity contribution in [2.45, 2.75) is 58.7 Å². The molecule has 6 heteroatoms. The molecule has 1 aliphatic carbocycles. The van der Waals surface area contributed by atoms with Crippen LogP contribution in [0.1, 0.15) is 44.7 Å². The summed E-state index contributed by atoms with van der Waals surface area (Å²) < 4.78 is 11.7. The second-order valence-electron chi connectivity index (χ2n) is 6.61. The quantitative estimate of drug-likeness (QED) is 0.287. The number of ether oxygens (including phenoxy) is 2. The summed E-state index contributed by atoms with van der Waals surface area (Å²) in [6.07, 6.45) is 7.72. The van der Waals surface area contributed by atoms with Gasteiger partial charge in [-0.25, -0.2) is 4.99 Å². The molecule has 0 fully saturated rings. The van der Waals surface area contributed by atoms with E-state index in [-0.39, 0.29) is 30.1 Å². The van der Waals surface area contributed by atoms with Gasteiger partial charge in [-0.15, -0.1) is 24.0 Å². The fraction of sp³-hybridized carbons (Fsp3) is 0.550. The van der Waals surface area contributed by atoms with Crippen LogP contribution in [0.5, 0.6) is 11.5 Å². The van der Waals surface area contributed by atoms with Crippen molar-refractivity contribution in [2.75, 3.05) is 13.2 Å². The molecule has 1 aromatic carbocycles. The molecule has 0 radical (unpaired) electrons. The minimum atomic E-state index is 0. The molecule has 0 amide bonds. The van der Waals surface area contributed by atoms with E-state index in [2.05, 4.69) is 48.8 Å². The summed E-state index contributed by atoms with van der Waals surface area (Å²) >= 11 is 0. The molecule has 2 aliphatic rings. The molecule has 2 N–H and O–H groups in total. The van der Waals surface area contributed by atoms with Gasteiger partial charge in [0.15, 0.2) is 5.96 Å². The number of rotatable bonds is 6. The van der Waals surface area contributed by atoms with E-state index in [0.717, 1.165) is 48.8 Å². The minimum absolute atomic E-state index is 0. The third-order valence-electron chi connectivity index (χ3n) is 4.48. The predicted molar refractivity (Wildman–Crippen MR) is 117 cm³/mol. The predicted octanol–water partition coefficient (Wildman–Crippen LogP) is 3.80. The summed E-state index contributed by atoms with van der Waals surface area (Å²) in [5, 5.41) is 6.83. The van der Waals surface area contributed by atoms with Crippen LogP contribution in [-0.2, 0) is 13.0 Å².